The third-order valence-corrected chi connectivity index (χ3v) is 7.41. The predicted octanol–water partition coefficient (Wildman–Crippen LogP) is 2.08. The Kier molecular flexibility index (Phi) is 11.6. The van der Waals surface area contributed by atoms with E-state index in [2.05, 4.69) is 51.6 Å². The summed E-state index contributed by atoms with van der Waals surface area (Å²) in [6.07, 6.45) is 4.02. The second-order valence-corrected chi connectivity index (χ2v) is 10.6. The molecule has 31 heavy (non-hydrogen) atoms. The van der Waals surface area contributed by atoms with Crippen molar-refractivity contribution < 1.29 is 8.42 Å². The summed E-state index contributed by atoms with van der Waals surface area (Å²) in [7, 11) is -2.82. The lowest BCUT2D eigenvalue weighted by Gasteiger charge is -2.26. The molecule has 2 saturated heterocycles. The van der Waals surface area contributed by atoms with Crippen LogP contribution in [0.5, 0.6) is 0 Å². The number of nitrogens with one attached hydrogen (secondary N) is 2. The van der Waals surface area contributed by atoms with Crippen molar-refractivity contribution in [3.05, 3.63) is 35.4 Å². The van der Waals surface area contributed by atoms with Gasteiger partial charge in [0.25, 0.3) is 0 Å². The molecule has 2 aliphatic heterocycles. The lowest BCUT2D eigenvalue weighted by molar-refractivity contribution is 0.221. The van der Waals surface area contributed by atoms with Crippen molar-refractivity contribution in [1.29, 1.82) is 0 Å². The van der Waals surface area contributed by atoms with Gasteiger partial charge in [0, 0.05) is 39.3 Å². The number of halogens is 1. The number of rotatable bonds is 8. The van der Waals surface area contributed by atoms with Gasteiger partial charge in [-0.1, -0.05) is 30.7 Å². The van der Waals surface area contributed by atoms with Gasteiger partial charge in [-0.15, -0.1) is 24.0 Å². The highest BCUT2D eigenvalue weighted by Crippen LogP contribution is 2.14. The number of hydrogen-bond donors (Lipinski definition) is 2. The molecule has 1 aromatic carbocycles. The second kappa shape index (κ2) is 13.6. The van der Waals surface area contributed by atoms with E-state index in [0.717, 1.165) is 32.1 Å². The molecule has 1 aromatic rings. The average Bonchev–Trinajstić information content (AvgIpc) is 2.75. The number of nitrogens with zero attached hydrogens (tertiary/aromatic N) is 3. The van der Waals surface area contributed by atoms with Crippen molar-refractivity contribution in [2.75, 3.05) is 57.3 Å². The number of piperidine rings is 1. The van der Waals surface area contributed by atoms with E-state index >= 15 is 0 Å². The molecular formula is C22H38IN5O2S. The van der Waals surface area contributed by atoms with Crippen LogP contribution in [-0.4, -0.2) is 81.5 Å². The Morgan fingerprint density at radius 2 is 1.58 bits per heavy atom. The van der Waals surface area contributed by atoms with Crippen LogP contribution in [-0.2, 0) is 22.9 Å². The number of guanidine groups is 1. The topological polar surface area (TPSA) is 77.0 Å². The van der Waals surface area contributed by atoms with E-state index in [4.69, 9.17) is 4.99 Å². The van der Waals surface area contributed by atoms with Crippen LogP contribution < -0.4 is 10.6 Å². The zero-order valence-electron chi connectivity index (χ0n) is 18.7. The molecule has 0 radical (unpaired) electrons. The zero-order chi connectivity index (χ0) is 21.2. The molecular weight excluding hydrogens is 525 g/mol. The molecule has 7 nitrogen and oxygen atoms in total. The van der Waals surface area contributed by atoms with Crippen molar-refractivity contribution >= 4 is 39.8 Å². The minimum atomic E-state index is -2.82. The van der Waals surface area contributed by atoms with Crippen molar-refractivity contribution in [2.24, 2.45) is 4.99 Å². The van der Waals surface area contributed by atoms with Gasteiger partial charge >= 0.3 is 0 Å². The van der Waals surface area contributed by atoms with E-state index < -0.39 is 9.84 Å². The van der Waals surface area contributed by atoms with Crippen LogP contribution in [0.15, 0.2) is 29.3 Å². The minimum absolute atomic E-state index is 0. The van der Waals surface area contributed by atoms with Crippen LogP contribution in [0.3, 0.4) is 0 Å². The van der Waals surface area contributed by atoms with E-state index in [-0.39, 0.29) is 35.5 Å². The van der Waals surface area contributed by atoms with Gasteiger partial charge in [-0.3, -0.25) is 9.80 Å². The van der Waals surface area contributed by atoms with E-state index in [1.54, 1.807) is 0 Å². The van der Waals surface area contributed by atoms with Gasteiger partial charge in [0.15, 0.2) is 15.8 Å². The quantitative estimate of drug-likeness (QED) is 0.287. The summed E-state index contributed by atoms with van der Waals surface area (Å²) in [5, 5.41) is 6.65. The fourth-order valence-electron chi connectivity index (χ4n) is 3.94. The first kappa shape index (κ1) is 26.3. The summed E-state index contributed by atoms with van der Waals surface area (Å²) in [6, 6.07) is 8.81. The van der Waals surface area contributed by atoms with E-state index in [1.807, 2.05) is 0 Å². The predicted molar refractivity (Wildman–Crippen MR) is 139 cm³/mol. The van der Waals surface area contributed by atoms with E-state index in [0.29, 0.717) is 19.6 Å². The fraction of sp³-hybridized carbons (Fsp3) is 0.682. The highest BCUT2D eigenvalue weighted by atomic mass is 127. The Morgan fingerprint density at radius 3 is 2.23 bits per heavy atom. The number of likely N-dealkylation sites (tertiary alicyclic amines) is 1. The molecule has 3 rings (SSSR count). The summed E-state index contributed by atoms with van der Waals surface area (Å²) in [5.41, 5.74) is 2.58. The fourth-order valence-corrected chi connectivity index (χ4v) is 5.22. The van der Waals surface area contributed by atoms with E-state index in [1.165, 1.54) is 43.5 Å². The van der Waals surface area contributed by atoms with Gasteiger partial charge in [-0.25, -0.2) is 13.4 Å². The highest BCUT2D eigenvalue weighted by Gasteiger charge is 2.20. The van der Waals surface area contributed by atoms with Gasteiger partial charge in [-0.2, -0.15) is 0 Å². The third kappa shape index (κ3) is 9.63. The van der Waals surface area contributed by atoms with Crippen LogP contribution in [0.2, 0.25) is 0 Å². The Hall–Kier alpha value is -0.910. The summed E-state index contributed by atoms with van der Waals surface area (Å²) < 4.78 is 23.1. The van der Waals surface area contributed by atoms with Crippen molar-refractivity contribution in [1.82, 2.24) is 20.4 Å². The molecule has 0 spiro atoms. The van der Waals surface area contributed by atoms with Crippen LogP contribution in [0.25, 0.3) is 0 Å². The molecule has 0 aliphatic carbocycles. The number of sulfone groups is 1. The number of hydrogen-bond acceptors (Lipinski definition) is 5. The van der Waals surface area contributed by atoms with Crippen LogP contribution in [0.1, 0.15) is 37.3 Å². The molecule has 2 heterocycles. The second-order valence-electron chi connectivity index (χ2n) is 8.27. The zero-order valence-corrected chi connectivity index (χ0v) is 21.8. The Morgan fingerprint density at radius 1 is 0.935 bits per heavy atom. The van der Waals surface area contributed by atoms with Gasteiger partial charge in [0.2, 0.25) is 0 Å². The Balaban J connectivity index is 0.00000341. The molecule has 2 aliphatic rings. The third-order valence-electron chi connectivity index (χ3n) is 5.80. The van der Waals surface area contributed by atoms with Crippen LogP contribution in [0, 0.1) is 0 Å². The molecule has 9 heteroatoms. The minimum Gasteiger partial charge on any atom is -0.357 e. The number of benzene rings is 1. The first-order chi connectivity index (χ1) is 14.5. The molecule has 0 aromatic heterocycles. The molecule has 2 fully saturated rings. The number of aliphatic imine (C=N–C) groups is 1. The molecule has 0 amide bonds. The lowest BCUT2D eigenvalue weighted by atomic mass is 10.1. The summed E-state index contributed by atoms with van der Waals surface area (Å²) in [5.74, 6) is 1.35. The lowest BCUT2D eigenvalue weighted by Crippen LogP contribution is -2.45. The molecule has 0 atom stereocenters. The molecule has 0 unspecified atom stereocenters. The normalized spacial score (nSPS) is 20.1. The summed E-state index contributed by atoms with van der Waals surface area (Å²) in [6.45, 7) is 9.82. The van der Waals surface area contributed by atoms with Crippen molar-refractivity contribution in [3.8, 4) is 0 Å². The largest absolute Gasteiger partial charge is 0.357 e. The van der Waals surface area contributed by atoms with Crippen LogP contribution >= 0.6 is 24.0 Å². The van der Waals surface area contributed by atoms with Crippen LogP contribution in [0.4, 0.5) is 0 Å². The molecule has 2 N–H and O–H groups in total. The maximum atomic E-state index is 11.5. The van der Waals surface area contributed by atoms with Gasteiger partial charge in [0.1, 0.15) is 0 Å². The van der Waals surface area contributed by atoms with Gasteiger partial charge < -0.3 is 10.6 Å². The maximum Gasteiger partial charge on any atom is 0.191 e. The first-order valence-electron chi connectivity index (χ1n) is 11.3. The summed E-state index contributed by atoms with van der Waals surface area (Å²) >= 11 is 0. The van der Waals surface area contributed by atoms with Crippen molar-refractivity contribution in [2.45, 2.75) is 39.3 Å². The van der Waals surface area contributed by atoms with Gasteiger partial charge in [0.05, 0.1) is 18.1 Å². The molecule has 0 saturated carbocycles. The Labute approximate surface area is 205 Å². The SMILES string of the molecule is CCNC(=NCc1ccc(CN2CCCCC2)cc1)NCCN1CCS(=O)(=O)CC1.I. The van der Waals surface area contributed by atoms with Crippen molar-refractivity contribution in [3.63, 3.8) is 0 Å². The first-order valence-corrected chi connectivity index (χ1v) is 13.1. The average molecular weight is 564 g/mol. The van der Waals surface area contributed by atoms with E-state index in [9.17, 15) is 8.42 Å². The standard InChI is InChI=1S/C22H37N5O2S.HI/c1-2-23-22(24-10-13-26-14-16-30(28,29)17-15-26)25-18-20-6-8-21(9-7-20)19-27-11-4-3-5-12-27;/h6-9H,2-5,10-19H2,1H3,(H2,23,24,25);1H. The highest BCUT2D eigenvalue weighted by molar-refractivity contribution is 14.0. The monoisotopic (exact) mass is 563 g/mol. The maximum absolute atomic E-state index is 11.5. The Bertz CT molecular complexity index is 766. The summed E-state index contributed by atoms with van der Waals surface area (Å²) in [4.78, 5) is 9.44. The van der Waals surface area contributed by atoms with Gasteiger partial charge in [-0.05, 0) is 44.0 Å². The molecule has 0 bridgehead atoms. The molecule has 176 valence electrons. The smallest absolute Gasteiger partial charge is 0.191 e.